The van der Waals surface area contributed by atoms with Gasteiger partial charge < -0.3 is 20.7 Å². The molecule has 0 bridgehead atoms. The number of hydrogen-bond donors (Lipinski definition) is 3. The van der Waals surface area contributed by atoms with Crippen LogP contribution in [0.4, 0.5) is 11.6 Å². The van der Waals surface area contributed by atoms with Gasteiger partial charge in [0.2, 0.25) is 5.91 Å². The highest BCUT2D eigenvalue weighted by Gasteiger charge is 2.03. The van der Waals surface area contributed by atoms with Crippen LogP contribution in [0.5, 0.6) is 0 Å². The van der Waals surface area contributed by atoms with E-state index < -0.39 is 0 Å². The van der Waals surface area contributed by atoms with E-state index in [4.69, 9.17) is 4.74 Å². The first-order valence-corrected chi connectivity index (χ1v) is 7.24. The van der Waals surface area contributed by atoms with E-state index in [1.807, 2.05) is 13.0 Å². The first-order chi connectivity index (χ1) is 10.2. The number of anilines is 2. The number of carbonyl (C=O) groups excluding carboxylic acids is 1. The maximum Gasteiger partial charge on any atom is 0.221 e. The Hall–Kier alpha value is -1.89. The monoisotopic (exact) mass is 295 g/mol. The molecule has 0 aliphatic carbocycles. The van der Waals surface area contributed by atoms with Gasteiger partial charge in [0.15, 0.2) is 0 Å². The lowest BCUT2D eigenvalue weighted by molar-refractivity contribution is -0.121. The summed E-state index contributed by atoms with van der Waals surface area (Å²) in [6, 6.07) is 1.85. The van der Waals surface area contributed by atoms with Crippen LogP contribution >= 0.6 is 0 Å². The summed E-state index contributed by atoms with van der Waals surface area (Å²) < 4.78 is 4.87. The summed E-state index contributed by atoms with van der Waals surface area (Å²) in [6.07, 6.45) is 1.43. The number of aryl methyl sites for hydroxylation is 1. The molecule has 118 valence electrons. The zero-order valence-corrected chi connectivity index (χ0v) is 13.0. The molecule has 3 N–H and O–H groups in total. The molecule has 0 aliphatic rings. The second kappa shape index (κ2) is 9.93. The maximum absolute atomic E-state index is 11.5. The molecular formula is C14H25N5O2. The number of amides is 1. The minimum Gasteiger partial charge on any atom is -0.383 e. The van der Waals surface area contributed by atoms with Crippen molar-refractivity contribution in [3.8, 4) is 0 Å². The minimum absolute atomic E-state index is 0.00494. The summed E-state index contributed by atoms with van der Waals surface area (Å²) in [5, 5.41) is 9.14. The second-order valence-electron chi connectivity index (χ2n) is 4.63. The van der Waals surface area contributed by atoms with Crippen LogP contribution in [0.3, 0.4) is 0 Å². The summed E-state index contributed by atoms with van der Waals surface area (Å²) in [5.74, 6) is 2.22. The van der Waals surface area contributed by atoms with Gasteiger partial charge in [-0.2, -0.15) is 0 Å². The van der Waals surface area contributed by atoms with Gasteiger partial charge in [0.1, 0.15) is 17.5 Å². The van der Waals surface area contributed by atoms with Gasteiger partial charge in [-0.25, -0.2) is 9.97 Å². The average Bonchev–Trinajstić information content (AvgIpc) is 2.45. The summed E-state index contributed by atoms with van der Waals surface area (Å²) >= 11 is 0. The molecule has 0 saturated heterocycles. The molecule has 1 amide bonds. The van der Waals surface area contributed by atoms with Crippen LogP contribution in [0, 0.1) is 6.92 Å². The van der Waals surface area contributed by atoms with Crippen molar-refractivity contribution in [2.45, 2.75) is 26.7 Å². The number of carbonyl (C=O) groups is 1. The molecule has 1 aromatic heterocycles. The molecule has 1 aromatic rings. The predicted molar refractivity (Wildman–Crippen MR) is 83.5 cm³/mol. The zero-order chi connectivity index (χ0) is 15.5. The van der Waals surface area contributed by atoms with E-state index in [0.29, 0.717) is 31.9 Å². The Bertz CT molecular complexity index is 439. The van der Waals surface area contributed by atoms with Crippen LogP contribution < -0.4 is 16.0 Å². The standard InChI is InChI=1S/C14H25N5O2/c1-4-6-15-12-10-13(19-11(2)18-12)16-7-5-14(20)17-8-9-21-3/h10H,4-9H2,1-3H3,(H,17,20)(H2,15,16,18,19). The highest BCUT2D eigenvalue weighted by Crippen LogP contribution is 2.10. The topological polar surface area (TPSA) is 88.2 Å². The van der Waals surface area contributed by atoms with Crippen molar-refractivity contribution in [3.63, 3.8) is 0 Å². The number of rotatable bonds is 10. The lowest BCUT2D eigenvalue weighted by Gasteiger charge is -2.10. The Labute approximate surface area is 125 Å². The predicted octanol–water partition coefficient (Wildman–Crippen LogP) is 1.17. The molecule has 0 radical (unpaired) electrons. The van der Waals surface area contributed by atoms with Crippen molar-refractivity contribution in [3.05, 3.63) is 11.9 Å². The van der Waals surface area contributed by atoms with Gasteiger partial charge in [-0.15, -0.1) is 0 Å². The van der Waals surface area contributed by atoms with Gasteiger partial charge in [-0.3, -0.25) is 4.79 Å². The van der Waals surface area contributed by atoms with E-state index in [2.05, 4.69) is 32.8 Å². The molecule has 0 aliphatic heterocycles. The van der Waals surface area contributed by atoms with Crippen molar-refractivity contribution in [1.82, 2.24) is 15.3 Å². The van der Waals surface area contributed by atoms with E-state index in [-0.39, 0.29) is 5.91 Å². The zero-order valence-electron chi connectivity index (χ0n) is 13.0. The van der Waals surface area contributed by atoms with Crippen LogP contribution in [0.2, 0.25) is 0 Å². The molecule has 1 heterocycles. The van der Waals surface area contributed by atoms with Crippen LogP contribution in [-0.4, -0.2) is 49.2 Å². The average molecular weight is 295 g/mol. The molecule has 0 spiro atoms. The molecule has 0 fully saturated rings. The Balaban J connectivity index is 2.37. The summed E-state index contributed by atoms with van der Waals surface area (Å²) in [4.78, 5) is 20.1. The van der Waals surface area contributed by atoms with Crippen LogP contribution in [-0.2, 0) is 9.53 Å². The number of nitrogens with zero attached hydrogens (tertiary/aromatic N) is 2. The Morgan fingerprint density at radius 1 is 1.19 bits per heavy atom. The van der Waals surface area contributed by atoms with Gasteiger partial charge in [0.05, 0.1) is 6.61 Å². The van der Waals surface area contributed by atoms with Crippen LogP contribution in [0.25, 0.3) is 0 Å². The third-order valence-corrected chi connectivity index (χ3v) is 2.68. The van der Waals surface area contributed by atoms with Crippen molar-refractivity contribution in [1.29, 1.82) is 0 Å². The fourth-order valence-corrected chi connectivity index (χ4v) is 1.69. The fraction of sp³-hybridized carbons (Fsp3) is 0.643. The molecule has 0 unspecified atom stereocenters. The molecule has 0 aromatic carbocycles. The number of ether oxygens (including phenoxy) is 1. The smallest absolute Gasteiger partial charge is 0.221 e. The normalized spacial score (nSPS) is 10.2. The molecule has 7 heteroatoms. The van der Waals surface area contributed by atoms with Crippen LogP contribution in [0.15, 0.2) is 6.07 Å². The number of nitrogens with one attached hydrogen (secondary N) is 3. The molecule has 0 atom stereocenters. The van der Waals surface area contributed by atoms with Gasteiger partial charge in [-0.1, -0.05) is 6.92 Å². The lowest BCUT2D eigenvalue weighted by atomic mass is 10.3. The van der Waals surface area contributed by atoms with E-state index in [9.17, 15) is 4.79 Å². The molecule has 0 saturated carbocycles. The minimum atomic E-state index is -0.00494. The number of hydrogen-bond acceptors (Lipinski definition) is 6. The first-order valence-electron chi connectivity index (χ1n) is 7.24. The molecule has 21 heavy (non-hydrogen) atoms. The summed E-state index contributed by atoms with van der Waals surface area (Å²) in [6.45, 7) is 6.41. The lowest BCUT2D eigenvalue weighted by Crippen LogP contribution is -2.28. The molecule has 1 rings (SSSR count). The van der Waals surface area contributed by atoms with Crippen molar-refractivity contribution < 1.29 is 9.53 Å². The largest absolute Gasteiger partial charge is 0.383 e. The number of methoxy groups -OCH3 is 1. The van der Waals surface area contributed by atoms with E-state index in [0.717, 1.165) is 24.6 Å². The second-order valence-corrected chi connectivity index (χ2v) is 4.63. The quantitative estimate of drug-likeness (QED) is 0.562. The third kappa shape index (κ3) is 7.45. The summed E-state index contributed by atoms with van der Waals surface area (Å²) in [7, 11) is 1.61. The first kappa shape index (κ1) is 17.2. The Kier molecular flexibility index (Phi) is 8.11. The van der Waals surface area contributed by atoms with Crippen molar-refractivity contribution in [2.75, 3.05) is 44.0 Å². The molecule has 7 nitrogen and oxygen atoms in total. The highest BCUT2D eigenvalue weighted by molar-refractivity contribution is 5.76. The van der Waals surface area contributed by atoms with E-state index >= 15 is 0 Å². The van der Waals surface area contributed by atoms with E-state index in [1.54, 1.807) is 7.11 Å². The van der Waals surface area contributed by atoms with Crippen LogP contribution in [0.1, 0.15) is 25.6 Å². The van der Waals surface area contributed by atoms with Gasteiger partial charge in [0, 0.05) is 39.2 Å². The fourth-order valence-electron chi connectivity index (χ4n) is 1.69. The Morgan fingerprint density at radius 2 is 1.86 bits per heavy atom. The summed E-state index contributed by atoms with van der Waals surface area (Å²) in [5.41, 5.74) is 0. The molecular weight excluding hydrogens is 270 g/mol. The van der Waals surface area contributed by atoms with Gasteiger partial charge >= 0.3 is 0 Å². The SMILES string of the molecule is CCCNc1cc(NCCC(=O)NCCOC)nc(C)n1. The van der Waals surface area contributed by atoms with E-state index in [1.165, 1.54) is 0 Å². The van der Waals surface area contributed by atoms with Crippen molar-refractivity contribution in [2.24, 2.45) is 0 Å². The van der Waals surface area contributed by atoms with Gasteiger partial charge in [-0.05, 0) is 13.3 Å². The van der Waals surface area contributed by atoms with Crippen molar-refractivity contribution >= 4 is 17.5 Å². The van der Waals surface area contributed by atoms with Gasteiger partial charge in [0.25, 0.3) is 0 Å². The maximum atomic E-state index is 11.5. The Morgan fingerprint density at radius 3 is 2.48 bits per heavy atom. The number of aromatic nitrogens is 2. The third-order valence-electron chi connectivity index (χ3n) is 2.68. The highest BCUT2D eigenvalue weighted by atomic mass is 16.5.